The third-order valence-electron chi connectivity index (χ3n) is 5.39. The van der Waals surface area contributed by atoms with E-state index in [1.165, 1.54) is 44.1 Å². The fraction of sp³-hybridized carbons (Fsp3) is 0.417. The molecule has 0 unspecified atom stereocenters. The summed E-state index contributed by atoms with van der Waals surface area (Å²) in [5.74, 6) is -0.00743. The highest BCUT2D eigenvalue weighted by Crippen LogP contribution is 2.30. The summed E-state index contributed by atoms with van der Waals surface area (Å²) >= 11 is 6.29. The van der Waals surface area contributed by atoms with Gasteiger partial charge in [-0.2, -0.15) is 0 Å². The first kappa shape index (κ1) is 20.6. The molecule has 4 heteroatoms. The number of nitrogens with zero attached hydrogens (tertiary/aromatic N) is 2. The van der Waals surface area contributed by atoms with E-state index in [1.54, 1.807) is 11.9 Å². The molecule has 0 N–H and O–H groups in total. The van der Waals surface area contributed by atoms with Crippen molar-refractivity contribution in [3.63, 3.8) is 0 Å². The molecular weight excluding hydrogens is 368 g/mol. The van der Waals surface area contributed by atoms with Crippen molar-refractivity contribution in [1.82, 2.24) is 0 Å². The molecule has 1 heterocycles. The zero-order valence-corrected chi connectivity index (χ0v) is 17.6. The first-order chi connectivity index (χ1) is 13.6. The molecule has 0 spiro atoms. The van der Waals surface area contributed by atoms with E-state index in [-0.39, 0.29) is 12.5 Å². The number of anilines is 1. The zero-order valence-electron chi connectivity index (χ0n) is 16.9. The van der Waals surface area contributed by atoms with Gasteiger partial charge in [-0.15, -0.1) is 0 Å². The van der Waals surface area contributed by atoms with Crippen LogP contribution in [0.5, 0.6) is 0 Å². The highest BCUT2D eigenvalue weighted by atomic mass is 35.5. The number of halogens is 1. The molecule has 28 heavy (non-hydrogen) atoms. The van der Waals surface area contributed by atoms with Crippen molar-refractivity contribution in [3.8, 4) is 0 Å². The monoisotopic (exact) mass is 396 g/mol. The van der Waals surface area contributed by atoms with Crippen LogP contribution in [0.4, 0.5) is 5.69 Å². The number of carbonyl (C=O) groups excluding carboxylic acids is 1. The lowest BCUT2D eigenvalue weighted by atomic mass is 9.93. The van der Waals surface area contributed by atoms with Gasteiger partial charge in [-0.05, 0) is 36.6 Å². The number of rotatable bonds is 8. The predicted octanol–water partition coefficient (Wildman–Crippen LogP) is 6.06. The molecule has 0 saturated heterocycles. The molecule has 0 aliphatic carbocycles. The third kappa shape index (κ3) is 4.82. The second-order valence-corrected chi connectivity index (χ2v) is 7.89. The van der Waals surface area contributed by atoms with E-state index < -0.39 is 0 Å². The van der Waals surface area contributed by atoms with Crippen molar-refractivity contribution in [3.05, 3.63) is 64.2 Å². The maximum Gasteiger partial charge on any atom is 0.248 e. The minimum Gasteiger partial charge on any atom is -0.313 e. The quantitative estimate of drug-likeness (QED) is 0.499. The van der Waals surface area contributed by atoms with Crippen molar-refractivity contribution < 1.29 is 4.79 Å². The van der Waals surface area contributed by atoms with Gasteiger partial charge in [-0.3, -0.25) is 9.79 Å². The van der Waals surface area contributed by atoms with Crippen LogP contribution in [-0.4, -0.2) is 25.2 Å². The zero-order chi connectivity index (χ0) is 19.9. The highest BCUT2D eigenvalue weighted by Gasteiger charge is 2.23. The number of hydrogen-bond acceptors (Lipinski definition) is 2. The van der Waals surface area contributed by atoms with E-state index in [0.29, 0.717) is 5.02 Å². The van der Waals surface area contributed by atoms with Crippen LogP contribution >= 0.6 is 11.6 Å². The predicted molar refractivity (Wildman–Crippen MR) is 119 cm³/mol. The largest absolute Gasteiger partial charge is 0.313 e. The molecule has 3 nitrogen and oxygen atoms in total. The van der Waals surface area contributed by atoms with Crippen LogP contribution in [0.2, 0.25) is 5.02 Å². The number of carbonyl (C=O) groups is 1. The van der Waals surface area contributed by atoms with E-state index in [0.717, 1.165) is 28.9 Å². The Hall–Kier alpha value is -2.13. The number of amides is 1. The number of benzene rings is 2. The Morgan fingerprint density at radius 1 is 1.00 bits per heavy atom. The summed E-state index contributed by atoms with van der Waals surface area (Å²) in [6.45, 7) is 2.40. The number of hydrogen-bond donors (Lipinski definition) is 0. The molecule has 0 atom stereocenters. The van der Waals surface area contributed by atoms with Gasteiger partial charge in [0.15, 0.2) is 0 Å². The molecule has 1 aliphatic heterocycles. The Bertz CT molecular complexity index is 859. The van der Waals surface area contributed by atoms with Gasteiger partial charge in [0.25, 0.3) is 0 Å². The Balaban J connectivity index is 1.88. The van der Waals surface area contributed by atoms with Crippen LogP contribution in [0, 0.1) is 0 Å². The fourth-order valence-electron chi connectivity index (χ4n) is 3.76. The highest BCUT2D eigenvalue weighted by molar-refractivity contribution is 6.32. The summed E-state index contributed by atoms with van der Waals surface area (Å²) in [7, 11) is 1.80. The second kappa shape index (κ2) is 9.88. The Morgan fingerprint density at radius 3 is 2.57 bits per heavy atom. The molecule has 2 aromatic carbocycles. The van der Waals surface area contributed by atoms with E-state index in [1.807, 2.05) is 24.3 Å². The topological polar surface area (TPSA) is 32.7 Å². The Labute approximate surface area is 173 Å². The number of likely N-dealkylation sites (N-methyl/N-ethyl adjacent to an activating group) is 1. The van der Waals surface area contributed by atoms with Crippen LogP contribution < -0.4 is 4.90 Å². The molecular formula is C24H29ClN2O. The second-order valence-electron chi connectivity index (χ2n) is 7.45. The molecule has 3 rings (SSSR count). The minimum atomic E-state index is -0.00743. The molecule has 0 bridgehead atoms. The van der Waals surface area contributed by atoms with Gasteiger partial charge in [-0.25, -0.2) is 0 Å². The molecule has 0 aromatic heterocycles. The minimum absolute atomic E-state index is 0.00743. The molecule has 148 valence electrons. The van der Waals surface area contributed by atoms with Crippen molar-refractivity contribution in [2.45, 2.75) is 51.9 Å². The van der Waals surface area contributed by atoms with Crippen molar-refractivity contribution in [2.24, 2.45) is 4.99 Å². The van der Waals surface area contributed by atoms with Crippen molar-refractivity contribution in [2.75, 3.05) is 18.5 Å². The average molecular weight is 397 g/mol. The van der Waals surface area contributed by atoms with E-state index >= 15 is 0 Å². The fourth-order valence-corrected chi connectivity index (χ4v) is 3.93. The lowest BCUT2D eigenvalue weighted by molar-refractivity contribution is -0.116. The van der Waals surface area contributed by atoms with Gasteiger partial charge in [0.2, 0.25) is 5.91 Å². The van der Waals surface area contributed by atoms with Gasteiger partial charge in [0.1, 0.15) is 6.54 Å². The van der Waals surface area contributed by atoms with Gasteiger partial charge in [0, 0.05) is 23.2 Å². The van der Waals surface area contributed by atoms with Crippen molar-refractivity contribution in [1.29, 1.82) is 0 Å². The molecule has 0 saturated carbocycles. The van der Waals surface area contributed by atoms with E-state index in [4.69, 9.17) is 16.6 Å². The third-order valence-corrected chi connectivity index (χ3v) is 5.63. The normalized spacial score (nSPS) is 13.9. The van der Waals surface area contributed by atoms with Crippen LogP contribution in [0.25, 0.3) is 0 Å². The maximum absolute atomic E-state index is 12.4. The number of unbranched alkanes of at least 4 members (excludes halogenated alkanes) is 5. The maximum atomic E-state index is 12.4. The number of aryl methyl sites for hydroxylation is 1. The summed E-state index contributed by atoms with van der Waals surface area (Å²) in [6, 6.07) is 14.1. The lowest BCUT2D eigenvalue weighted by Crippen LogP contribution is -2.27. The Kier molecular flexibility index (Phi) is 7.27. The molecule has 1 amide bonds. The van der Waals surface area contributed by atoms with E-state index in [2.05, 4.69) is 25.1 Å². The standard InChI is InChI=1S/C24H29ClN2O/c1-3-4-5-6-7-8-11-18-12-9-10-13-20(18)24-21-16-19(25)14-15-22(21)27(2)23(28)17-26-24/h9-10,12-16H,3-8,11,17H2,1-2H3. The van der Waals surface area contributed by atoms with E-state index in [9.17, 15) is 4.79 Å². The summed E-state index contributed by atoms with van der Waals surface area (Å²) in [6.07, 6.45) is 8.69. The summed E-state index contributed by atoms with van der Waals surface area (Å²) in [5.41, 5.74) is 5.07. The van der Waals surface area contributed by atoms with Crippen LogP contribution in [0.3, 0.4) is 0 Å². The van der Waals surface area contributed by atoms with Crippen LogP contribution in [0.15, 0.2) is 47.5 Å². The average Bonchev–Trinajstić information content (AvgIpc) is 2.82. The number of fused-ring (bicyclic) bond motifs is 1. The first-order valence-corrected chi connectivity index (χ1v) is 10.7. The van der Waals surface area contributed by atoms with Gasteiger partial charge < -0.3 is 4.90 Å². The lowest BCUT2D eigenvalue weighted by Gasteiger charge is -2.19. The van der Waals surface area contributed by atoms with Crippen molar-refractivity contribution >= 4 is 28.9 Å². The molecule has 0 radical (unpaired) electrons. The van der Waals surface area contributed by atoms with Gasteiger partial charge in [0.05, 0.1) is 11.4 Å². The summed E-state index contributed by atoms with van der Waals surface area (Å²) < 4.78 is 0. The SMILES string of the molecule is CCCCCCCCc1ccccc1C1=NCC(=O)N(C)c2ccc(Cl)cc21. The molecule has 1 aliphatic rings. The number of benzodiazepines with no additional fused rings is 1. The summed E-state index contributed by atoms with van der Waals surface area (Å²) in [5, 5.41) is 0.655. The van der Waals surface area contributed by atoms with Crippen LogP contribution in [-0.2, 0) is 11.2 Å². The smallest absolute Gasteiger partial charge is 0.248 e. The number of aliphatic imine (C=N–C) groups is 1. The Morgan fingerprint density at radius 2 is 1.75 bits per heavy atom. The molecule has 0 fully saturated rings. The van der Waals surface area contributed by atoms with Gasteiger partial charge >= 0.3 is 0 Å². The van der Waals surface area contributed by atoms with Crippen LogP contribution in [0.1, 0.15) is 62.1 Å². The van der Waals surface area contributed by atoms with Gasteiger partial charge in [-0.1, -0.05) is 74.9 Å². The summed E-state index contributed by atoms with van der Waals surface area (Å²) in [4.78, 5) is 18.8. The molecule has 2 aromatic rings. The first-order valence-electron chi connectivity index (χ1n) is 10.3.